The number of nitrogens with one attached hydrogen (secondary N) is 1. The third-order valence-electron chi connectivity index (χ3n) is 4.15. The maximum Gasteiger partial charge on any atom is 0.272 e. The molecule has 0 radical (unpaired) electrons. The Hall–Kier alpha value is -4.08. The Balaban J connectivity index is 1.37. The van der Waals surface area contributed by atoms with E-state index in [0.29, 0.717) is 35.3 Å². The van der Waals surface area contributed by atoms with Gasteiger partial charge in [-0.2, -0.15) is 9.61 Å². The van der Waals surface area contributed by atoms with E-state index in [1.54, 1.807) is 30.6 Å². The molecule has 1 aromatic carbocycles. The first-order valence-corrected chi connectivity index (χ1v) is 8.44. The van der Waals surface area contributed by atoms with Crippen LogP contribution in [0.2, 0.25) is 0 Å². The molecule has 1 aliphatic rings. The smallest absolute Gasteiger partial charge is 0.272 e. The van der Waals surface area contributed by atoms with Crippen LogP contribution in [0, 0.1) is 0 Å². The molecule has 4 aromatic rings. The predicted octanol–water partition coefficient (Wildman–Crippen LogP) is 1.24. The van der Waals surface area contributed by atoms with E-state index >= 15 is 0 Å². The third kappa shape index (κ3) is 2.86. The van der Waals surface area contributed by atoms with Crippen molar-refractivity contribution < 1.29 is 14.3 Å². The van der Waals surface area contributed by atoms with Gasteiger partial charge in [-0.25, -0.2) is 9.97 Å². The molecule has 1 amide bonds. The van der Waals surface area contributed by atoms with Crippen LogP contribution in [0.15, 0.2) is 48.8 Å². The zero-order valence-electron chi connectivity index (χ0n) is 14.4. The molecule has 28 heavy (non-hydrogen) atoms. The Kier molecular flexibility index (Phi) is 3.79. The molecule has 0 unspecified atom stereocenters. The van der Waals surface area contributed by atoms with Crippen molar-refractivity contribution in [1.82, 2.24) is 35.1 Å². The Morgan fingerprint density at radius 1 is 1.07 bits per heavy atom. The molecule has 4 heterocycles. The molecule has 1 aliphatic heterocycles. The number of ether oxygens (including phenoxy) is 2. The third-order valence-corrected chi connectivity index (χ3v) is 4.15. The van der Waals surface area contributed by atoms with Crippen LogP contribution in [0.3, 0.4) is 0 Å². The second-order valence-corrected chi connectivity index (χ2v) is 5.95. The maximum absolute atomic E-state index is 12.6. The SMILES string of the molecule is O=C(NCc1ccc2c(c1)OCO2)c1ccc2nnc(-c3ncccn3)n2n1. The lowest BCUT2D eigenvalue weighted by Crippen LogP contribution is -2.24. The van der Waals surface area contributed by atoms with Crippen molar-refractivity contribution >= 4 is 11.6 Å². The van der Waals surface area contributed by atoms with Crippen molar-refractivity contribution in [1.29, 1.82) is 0 Å². The molecule has 10 heteroatoms. The van der Waals surface area contributed by atoms with Crippen LogP contribution in [0.4, 0.5) is 0 Å². The fourth-order valence-electron chi connectivity index (χ4n) is 2.79. The Bertz CT molecular complexity index is 1180. The first-order chi connectivity index (χ1) is 13.8. The number of benzene rings is 1. The minimum absolute atomic E-state index is 0.210. The Morgan fingerprint density at radius 2 is 1.93 bits per heavy atom. The van der Waals surface area contributed by atoms with Crippen molar-refractivity contribution in [3.05, 3.63) is 60.0 Å². The zero-order valence-corrected chi connectivity index (χ0v) is 14.4. The number of nitrogens with zero attached hydrogens (tertiary/aromatic N) is 6. The van der Waals surface area contributed by atoms with E-state index in [1.165, 1.54) is 4.52 Å². The molecule has 0 fully saturated rings. The summed E-state index contributed by atoms with van der Waals surface area (Å²) in [5.74, 6) is 1.78. The molecule has 1 N–H and O–H groups in total. The van der Waals surface area contributed by atoms with Gasteiger partial charge in [-0.15, -0.1) is 10.2 Å². The van der Waals surface area contributed by atoms with Crippen molar-refractivity contribution in [3.8, 4) is 23.1 Å². The zero-order chi connectivity index (χ0) is 18.9. The van der Waals surface area contributed by atoms with Crippen LogP contribution in [0.25, 0.3) is 17.3 Å². The molecule has 138 valence electrons. The van der Waals surface area contributed by atoms with Crippen molar-refractivity contribution in [3.63, 3.8) is 0 Å². The second kappa shape index (κ2) is 6.58. The largest absolute Gasteiger partial charge is 0.454 e. The summed E-state index contributed by atoms with van der Waals surface area (Å²) in [4.78, 5) is 20.9. The van der Waals surface area contributed by atoms with Gasteiger partial charge in [0.25, 0.3) is 5.91 Å². The summed E-state index contributed by atoms with van der Waals surface area (Å²) in [5.41, 5.74) is 1.61. The molecule has 0 saturated carbocycles. The molecule has 3 aromatic heterocycles. The van der Waals surface area contributed by atoms with E-state index in [4.69, 9.17) is 9.47 Å². The van der Waals surface area contributed by atoms with E-state index < -0.39 is 0 Å². The molecule has 0 saturated heterocycles. The van der Waals surface area contributed by atoms with Gasteiger partial charge in [-0.1, -0.05) is 6.07 Å². The molecule has 10 nitrogen and oxygen atoms in total. The van der Waals surface area contributed by atoms with E-state index in [1.807, 2.05) is 18.2 Å². The van der Waals surface area contributed by atoms with Gasteiger partial charge in [0.15, 0.2) is 23.0 Å². The summed E-state index contributed by atoms with van der Waals surface area (Å²) < 4.78 is 12.1. The predicted molar refractivity (Wildman–Crippen MR) is 95.5 cm³/mol. The average Bonchev–Trinajstić information content (AvgIpc) is 3.38. The van der Waals surface area contributed by atoms with Gasteiger partial charge in [0.2, 0.25) is 12.6 Å². The summed E-state index contributed by atoms with van der Waals surface area (Å²) in [6.45, 7) is 0.535. The number of aromatic nitrogens is 6. The van der Waals surface area contributed by atoms with Gasteiger partial charge in [0.1, 0.15) is 5.69 Å². The lowest BCUT2D eigenvalue weighted by Gasteiger charge is -2.06. The summed E-state index contributed by atoms with van der Waals surface area (Å²) in [6.07, 6.45) is 3.21. The van der Waals surface area contributed by atoms with E-state index in [2.05, 4.69) is 30.6 Å². The molecule has 5 rings (SSSR count). The highest BCUT2D eigenvalue weighted by Crippen LogP contribution is 2.32. The summed E-state index contributed by atoms with van der Waals surface area (Å²) >= 11 is 0. The van der Waals surface area contributed by atoms with Gasteiger partial charge in [-0.3, -0.25) is 4.79 Å². The van der Waals surface area contributed by atoms with E-state index in [9.17, 15) is 4.79 Å². The second-order valence-electron chi connectivity index (χ2n) is 5.95. The highest BCUT2D eigenvalue weighted by molar-refractivity contribution is 5.92. The van der Waals surface area contributed by atoms with Crippen LogP contribution in [0.5, 0.6) is 11.5 Å². The highest BCUT2D eigenvalue weighted by Gasteiger charge is 2.16. The van der Waals surface area contributed by atoms with E-state index in [-0.39, 0.29) is 18.4 Å². The molecular formula is C18H13N7O3. The fraction of sp³-hybridized carbons (Fsp3) is 0.111. The number of carbonyl (C=O) groups is 1. The molecular weight excluding hydrogens is 362 g/mol. The quantitative estimate of drug-likeness (QED) is 0.566. The number of fused-ring (bicyclic) bond motifs is 2. The monoisotopic (exact) mass is 375 g/mol. The van der Waals surface area contributed by atoms with Gasteiger partial charge in [-0.05, 0) is 35.9 Å². The van der Waals surface area contributed by atoms with Crippen molar-refractivity contribution in [2.75, 3.05) is 6.79 Å². The molecule has 0 bridgehead atoms. The van der Waals surface area contributed by atoms with Gasteiger partial charge in [0, 0.05) is 18.9 Å². The topological polar surface area (TPSA) is 116 Å². The van der Waals surface area contributed by atoms with Crippen LogP contribution in [-0.4, -0.2) is 42.5 Å². The van der Waals surface area contributed by atoms with Crippen molar-refractivity contribution in [2.24, 2.45) is 0 Å². The number of carbonyl (C=O) groups excluding carboxylic acids is 1. The number of rotatable bonds is 4. The van der Waals surface area contributed by atoms with Crippen LogP contribution >= 0.6 is 0 Å². The normalized spacial score (nSPS) is 12.3. The van der Waals surface area contributed by atoms with Crippen LogP contribution in [-0.2, 0) is 6.54 Å². The molecule has 0 atom stereocenters. The number of amides is 1. The van der Waals surface area contributed by atoms with Gasteiger partial charge in [0.05, 0.1) is 0 Å². The van der Waals surface area contributed by atoms with E-state index in [0.717, 1.165) is 5.56 Å². The average molecular weight is 375 g/mol. The number of hydrogen-bond acceptors (Lipinski definition) is 8. The summed E-state index contributed by atoms with van der Waals surface area (Å²) in [5, 5.41) is 15.3. The van der Waals surface area contributed by atoms with Crippen molar-refractivity contribution in [2.45, 2.75) is 6.54 Å². The van der Waals surface area contributed by atoms with Crippen LogP contribution in [0.1, 0.15) is 16.1 Å². The highest BCUT2D eigenvalue weighted by atomic mass is 16.7. The Morgan fingerprint density at radius 3 is 2.82 bits per heavy atom. The minimum atomic E-state index is -0.326. The first-order valence-electron chi connectivity index (χ1n) is 8.44. The van der Waals surface area contributed by atoms with Crippen LogP contribution < -0.4 is 14.8 Å². The minimum Gasteiger partial charge on any atom is -0.454 e. The Labute approximate surface area is 158 Å². The first kappa shape index (κ1) is 16.1. The molecule has 0 aliphatic carbocycles. The fourth-order valence-corrected chi connectivity index (χ4v) is 2.79. The number of hydrogen-bond donors (Lipinski definition) is 1. The standard InChI is InChI=1S/C18H13N7O3/c26-18(21-9-11-2-4-13-14(8-11)28-10-27-13)12-3-5-15-22-23-17(25(15)24-12)16-19-6-1-7-20-16/h1-8H,9-10H2,(H,21,26). The van der Waals surface area contributed by atoms with Gasteiger partial charge < -0.3 is 14.8 Å². The maximum atomic E-state index is 12.6. The van der Waals surface area contributed by atoms with Gasteiger partial charge >= 0.3 is 0 Å². The lowest BCUT2D eigenvalue weighted by molar-refractivity contribution is 0.0944. The summed E-state index contributed by atoms with van der Waals surface area (Å²) in [6, 6.07) is 10.5. The molecule has 0 spiro atoms. The lowest BCUT2D eigenvalue weighted by atomic mass is 10.2. The summed E-state index contributed by atoms with van der Waals surface area (Å²) in [7, 11) is 0.